The van der Waals surface area contributed by atoms with Gasteiger partial charge in [0, 0.05) is 19.2 Å². The highest BCUT2D eigenvalue weighted by molar-refractivity contribution is 7.89. The number of esters is 1. The van der Waals surface area contributed by atoms with E-state index in [9.17, 15) is 18.0 Å². The van der Waals surface area contributed by atoms with Crippen LogP contribution in [-0.4, -0.2) is 52.3 Å². The molecule has 0 aromatic heterocycles. The number of nitrogens with zero attached hydrogens (tertiary/aromatic N) is 1. The van der Waals surface area contributed by atoms with E-state index in [1.807, 2.05) is 30.3 Å². The van der Waals surface area contributed by atoms with Gasteiger partial charge < -0.3 is 14.2 Å². The summed E-state index contributed by atoms with van der Waals surface area (Å²) in [6.45, 7) is -0.357. The molecule has 0 aliphatic carbocycles. The fourth-order valence-electron chi connectivity index (χ4n) is 3.17. The Balaban J connectivity index is 1.76. The monoisotopic (exact) mass is 483 g/mol. The summed E-state index contributed by atoms with van der Waals surface area (Å²) >= 11 is 0. The second-order valence-corrected chi connectivity index (χ2v) is 9.35. The summed E-state index contributed by atoms with van der Waals surface area (Å²) < 4.78 is 43.0. The van der Waals surface area contributed by atoms with Crippen LogP contribution in [0.4, 0.5) is 0 Å². The van der Waals surface area contributed by atoms with E-state index in [0.717, 1.165) is 5.56 Å². The minimum atomic E-state index is -4.00. The number of rotatable bonds is 10. The summed E-state index contributed by atoms with van der Waals surface area (Å²) in [4.78, 5) is 24.7. The number of ketones is 1. The molecule has 3 aromatic carbocycles. The van der Waals surface area contributed by atoms with Crippen molar-refractivity contribution >= 4 is 21.8 Å². The minimum absolute atomic E-state index is 0.0185. The lowest BCUT2D eigenvalue weighted by Gasteiger charge is -2.19. The summed E-state index contributed by atoms with van der Waals surface area (Å²) in [5, 5.41) is 0. The Hall–Kier alpha value is -3.69. The topological polar surface area (TPSA) is 99.2 Å². The quantitative estimate of drug-likeness (QED) is 0.321. The number of ether oxygens (including phenoxy) is 3. The van der Waals surface area contributed by atoms with Gasteiger partial charge >= 0.3 is 5.97 Å². The van der Waals surface area contributed by atoms with Gasteiger partial charge in [0.15, 0.2) is 12.4 Å². The number of carbonyl (C=O) groups excluding carboxylic acids is 2. The third-order valence-corrected chi connectivity index (χ3v) is 6.91. The molecule has 0 bridgehead atoms. The molecule has 3 rings (SSSR count). The fourth-order valence-corrected chi connectivity index (χ4v) is 4.51. The van der Waals surface area contributed by atoms with E-state index in [1.165, 1.54) is 43.8 Å². The van der Waals surface area contributed by atoms with Gasteiger partial charge in [0.25, 0.3) is 0 Å². The van der Waals surface area contributed by atoms with Crippen molar-refractivity contribution in [3.8, 4) is 11.5 Å². The number of methoxy groups -OCH3 is 2. The molecule has 0 saturated carbocycles. The molecule has 0 N–H and O–H groups in total. The lowest BCUT2D eigenvalue weighted by molar-refractivity contribution is 0.0474. The standard InChI is InChI=1S/C25H25NO7S/c1-26(16-18-7-5-4-6-8-18)34(29,30)24-15-20(11-14-23(24)32-3)25(28)33-17-22(27)19-9-12-21(31-2)13-10-19/h4-15H,16-17H2,1-3H3. The predicted octanol–water partition coefficient (Wildman–Crippen LogP) is 3.56. The molecule has 0 spiro atoms. The van der Waals surface area contributed by atoms with Crippen molar-refractivity contribution in [2.45, 2.75) is 11.4 Å². The van der Waals surface area contributed by atoms with Crippen molar-refractivity contribution < 1.29 is 32.2 Å². The van der Waals surface area contributed by atoms with Gasteiger partial charge in [0.05, 0.1) is 19.8 Å². The second-order valence-electron chi connectivity index (χ2n) is 7.34. The lowest BCUT2D eigenvalue weighted by Crippen LogP contribution is -2.27. The van der Waals surface area contributed by atoms with Gasteiger partial charge in [-0.05, 0) is 48.0 Å². The first-order chi connectivity index (χ1) is 16.3. The molecule has 0 saturated heterocycles. The molecule has 0 atom stereocenters. The van der Waals surface area contributed by atoms with Crippen molar-refractivity contribution in [3.05, 3.63) is 89.5 Å². The van der Waals surface area contributed by atoms with Crippen LogP contribution in [0, 0.1) is 0 Å². The first-order valence-corrected chi connectivity index (χ1v) is 11.7. The van der Waals surface area contributed by atoms with E-state index in [1.54, 1.807) is 24.3 Å². The first-order valence-electron chi connectivity index (χ1n) is 10.3. The van der Waals surface area contributed by atoms with E-state index in [2.05, 4.69) is 0 Å². The van der Waals surface area contributed by atoms with E-state index < -0.39 is 28.4 Å². The van der Waals surface area contributed by atoms with Crippen LogP contribution in [0.5, 0.6) is 11.5 Å². The average Bonchev–Trinajstić information content (AvgIpc) is 2.87. The lowest BCUT2D eigenvalue weighted by atomic mass is 10.1. The largest absolute Gasteiger partial charge is 0.497 e. The number of hydrogen-bond acceptors (Lipinski definition) is 7. The summed E-state index contributed by atoms with van der Waals surface area (Å²) in [6, 6.07) is 19.5. The van der Waals surface area contributed by atoms with Crippen LogP contribution in [0.25, 0.3) is 0 Å². The molecule has 3 aromatic rings. The van der Waals surface area contributed by atoms with Crippen LogP contribution in [0.2, 0.25) is 0 Å². The Morgan fingerprint density at radius 3 is 2.12 bits per heavy atom. The molecule has 0 aliphatic rings. The Bertz CT molecular complexity index is 1260. The molecule has 0 unspecified atom stereocenters. The van der Waals surface area contributed by atoms with Gasteiger partial charge in [-0.2, -0.15) is 4.31 Å². The van der Waals surface area contributed by atoms with Crippen molar-refractivity contribution in [2.24, 2.45) is 0 Å². The molecule has 9 heteroatoms. The summed E-state index contributed by atoms with van der Waals surface area (Å²) in [5.41, 5.74) is 1.14. The number of Topliss-reactive ketones (excluding diaryl/α,β-unsaturated/α-hetero) is 1. The smallest absolute Gasteiger partial charge is 0.338 e. The Kier molecular flexibility index (Phi) is 8.04. The molecule has 0 aliphatic heterocycles. The van der Waals surface area contributed by atoms with Gasteiger partial charge in [0.2, 0.25) is 10.0 Å². The third kappa shape index (κ3) is 5.81. The van der Waals surface area contributed by atoms with Gasteiger partial charge in [0.1, 0.15) is 16.4 Å². The van der Waals surface area contributed by atoms with Crippen LogP contribution in [0.3, 0.4) is 0 Å². The van der Waals surface area contributed by atoms with E-state index >= 15 is 0 Å². The SMILES string of the molecule is COc1ccc(C(=O)COC(=O)c2ccc(OC)c(S(=O)(=O)N(C)Cc3ccccc3)c2)cc1. The van der Waals surface area contributed by atoms with Crippen LogP contribution >= 0.6 is 0 Å². The van der Waals surface area contributed by atoms with Crippen LogP contribution < -0.4 is 9.47 Å². The minimum Gasteiger partial charge on any atom is -0.497 e. The highest BCUT2D eigenvalue weighted by Gasteiger charge is 2.27. The maximum absolute atomic E-state index is 13.2. The Morgan fingerprint density at radius 2 is 1.50 bits per heavy atom. The summed E-state index contributed by atoms with van der Waals surface area (Å²) in [6.07, 6.45) is 0. The van der Waals surface area contributed by atoms with Gasteiger partial charge in [-0.1, -0.05) is 30.3 Å². The van der Waals surface area contributed by atoms with Crippen LogP contribution in [0.15, 0.2) is 77.7 Å². The maximum Gasteiger partial charge on any atom is 0.338 e. The average molecular weight is 484 g/mol. The van der Waals surface area contributed by atoms with Crippen molar-refractivity contribution in [3.63, 3.8) is 0 Å². The predicted molar refractivity (Wildman–Crippen MR) is 126 cm³/mol. The Morgan fingerprint density at radius 1 is 0.853 bits per heavy atom. The highest BCUT2D eigenvalue weighted by Crippen LogP contribution is 2.28. The van der Waals surface area contributed by atoms with Gasteiger partial charge in [-0.3, -0.25) is 4.79 Å². The molecule has 0 radical (unpaired) electrons. The maximum atomic E-state index is 13.2. The molecule has 0 heterocycles. The zero-order valence-corrected chi connectivity index (χ0v) is 19.9. The second kappa shape index (κ2) is 11.0. The third-order valence-electron chi connectivity index (χ3n) is 5.08. The first kappa shape index (κ1) is 24.9. The van der Waals surface area contributed by atoms with Gasteiger partial charge in [-0.25, -0.2) is 13.2 Å². The van der Waals surface area contributed by atoms with Crippen molar-refractivity contribution in [1.29, 1.82) is 0 Å². The molecule has 0 fully saturated rings. The molecule has 8 nitrogen and oxygen atoms in total. The molecule has 0 amide bonds. The van der Waals surface area contributed by atoms with E-state index in [-0.39, 0.29) is 22.8 Å². The van der Waals surface area contributed by atoms with Crippen LogP contribution in [0.1, 0.15) is 26.3 Å². The molecular formula is C25H25NO7S. The number of carbonyl (C=O) groups is 2. The van der Waals surface area contributed by atoms with Crippen LogP contribution in [-0.2, 0) is 21.3 Å². The zero-order valence-electron chi connectivity index (χ0n) is 19.1. The van der Waals surface area contributed by atoms with E-state index in [0.29, 0.717) is 11.3 Å². The fraction of sp³-hybridized carbons (Fsp3) is 0.200. The van der Waals surface area contributed by atoms with Crippen molar-refractivity contribution in [1.82, 2.24) is 4.31 Å². The van der Waals surface area contributed by atoms with Gasteiger partial charge in [-0.15, -0.1) is 0 Å². The summed E-state index contributed by atoms with van der Waals surface area (Å²) in [5.74, 6) is -0.546. The highest BCUT2D eigenvalue weighted by atomic mass is 32.2. The molecule has 178 valence electrons. The number of sulfonamides is 1. The molecular weight excluding hydrogens is 458 g/mol. The Labute approximate surface area is 198 Å². The zero-order chi connectivity index (χ0) is 24.7. The normalized spacial score (nSPS) is 11.2. The van der Waals surface area contributed by atoms with E-state index in [4.69, 9.17) is 14.2 Å². The number of benzene rings is 3. The number of hydrogen-bond donors (Lipinski definition) is 0. The summed E-state index contributed by atoms with van der Waals surface area (Å²) in [7, 11) is 0.309. The van der Waals surface area contributed by atoms with Crippen molar-refractivity contribution in [2.75, 3.05) is 27.9 Å². The molecule has 34 heavy (non-hydrogen) atoms.